The number of ether oxygens (including phenoxy) is 3. The molecule has 0 radical (unpaired) electrons. The lowest BCUT2D eigenvalue weighted by molar-refractivity contribution is -0.151. The van der Waals surface area contributed by atoms with Crippen LogP contribution in [0.1, 0.15) is 48.0 Å². The molecule has 112 valence electrons. The van der Waals surface area contributed by atoms with Gasteiger partial charge in [0.1, 0.15) is 12.7 Å². The predicted molar refractivity (Wildman–Crippen MR) is 76.1 cm³/mol. The van der Waals surface area contributed by atoms with Crippen molar-refractivity contribution in [2.45, 2.75) is 65.8 Å². The van der Waals surface area contributed by atoms with Crippen LogP contribution in [-0.4, -0.2) is 37.0 Å². The van der Waals surface area contributed by atoms with Crippen LogP contribution in [0.15, 0.2) is 12.2 Å². The minimum atomic E-state index is -0.396. The number of carbonyl (C=O) groups is 1. The highest BCUT2D eigenvalue weighted by Gasteiger charge is 2.21. The average molecular weight is 272 g/mol. The molecule has 4 heteroatoms. The minimum Gasteiger partial charge on any atom is -0.459 e. The van der Waals surface area contributed by atoms with Gasteiger partial charge in [0.15, 0.2) is 0 Å². The normalized spacial score (nSPS) is 13.4. The van der Waals surface area contributed by atoms with Gasteiger partial charge in [0.2, 0.25) is 0 Å². The molecule has 0 aliphatic heterocycles. The van der Waals surface area contributed by atoms with E-state index in [2.05, 4.69) is 13.5 Å². The van der Waals surface area contributed by atoms with Gasteiger partial charge in [0, 0.05) is 5.57 Å². The molecule has 0 saturated heterocycles. The molecule has 0 aromatic heterocycles. The summed E-state index contributed by atoms with van der Waals surface area (Å²) in [7, 11) is 0. The fourth-order valence-electron chi connectivity index (χ4n) is 1.22. The van der Waals surface area contributed by atoms with Crippen molar-refractivity contribution in [3.05, 3.63) is 12.2 Å². The summed E-state index contributed by atoms with van der Waals surface area (Å²) in [6, 6.07) is 0. The third kappa shape index (κ3) is 8.78. The van der Waals surface area contributed by atoms with Gasteiger partial charge in [-0.3, -0.25) is 0 Å². The number of esters is 1. The molecule has 0 saturated carbocycles. The van der Waals surface area contributed by atoms with Crippen molar-refractivity contribution in [3.63, 3.8) is 0 Å². The zero-order valence-electron chi connectivity index (χ0n) is 13.1. The minimum absolute atomic E-state index is 0.0573. The van der Waals surface area contributed by atoms with E-state index in [0.717, 1.165) is 6.42 Å². The topological polar surface area (TPSA) is 44.8 Å². The van der Waals surface area contributed by atoms with Crippen molar-refractivity contribution >= 4 is 5.97 Å². The monoisotopic (exact) mass is 272 g/mol. The standard InChI is InChI=1S/C15H28O4/c1-8-15(6,7)18-10-13(19-12(4)5)9-17-14(16)11(2)3/h12-13H,2,8-10H2,1,3-7H3. The zero-order valence-corrected chi connectivity index (χ0v) is 13.1. The van der Waals surface area contributed by atoms with E-state index < -0.39 is 5.97 Å². The Labute approximate surface area is 117 Å². The molecule has 0 fully saturated rings. The molecule has 0 spiro atoms. The molecular formula is C15H28O4. The van der Waals surface area contributed by atoms with E-state index in [-0.39, 0.29) is 24.4 Å². The van der Waals surface area contributed by atoms with Crippen molar-refractivity contribution in [1.82, 2.24) is 0 Å². The first kappa shape index (κ1) is 18.1. The molecule has 0 rings (SSSR count). The number of carbonyl (C=O) groups excluding carboxylic acids is 1. The van der Waals surface area contributed by atoms with Gasteiger partial charge in [0.25, 0.3) is 0 Å². The Hall–Kier alpha value is -0.870. The summed E-state index contributed by atoms with van der Waals surface area (Å²) in [5, 5.41) is 0. The van der Waals surface area contributed by atoms with Crippen LogP contribution in [0.3, 0.4) is 0 Å². The van der Waals surface area contributed by atoms with Crippen LogP contribution in [0.4, 0.5) is 0 Å². The average Bonchev–Trinajstić information content (AvgIpc) is 2.31. The second-order valence-corrected chi connectivity index (χ2v) is 5.61. The number of hydrogen-bond donors (Lipinski definition) is 0. The lowest BCUT2D eigenvalue weighted by Gasteiger charge is -2.27. The van der Waals surface area contributed by atoms with E-state index in [4.69, 9.17) is 14.2 Å². The predicted octanol–water partition coefficient (Wildman–Crippen LogP) is 3.10. The van der Waals surface area contributed by atoms with Crippen molar-refractivity contribution < 1.29 is 19.0 Å². The first-order chi connectivity index (χ1) is 8.68. The third-order valence-corrected chi connectivity index (χ3v) is 2.72. The maximum absolute atomic E-state index is 11.4. The number of rotatable bonds is 9. The largest absolute Gasteiger partial charge is 0.459 e. The Balaban J connectivity index is 4.31. The summed E-state index contributed by atoms with van der Waals surface area (Å²) in [4.78, 5) is 11.4. The molecule has 0 bridgehead atoms. The van der Waals surface area contributed by atoms with E-state index in [9.17, 15) is 4.79 Å². The summed E-state index contributed by atoms with van der Waals surface area (Å²) in [6.07, 6.45) is 0.712. The zero-order chi connectivity index (χ0) is 15.1. The lowest BCUT2D eigenvalue weighted by atomic mass is 10.1. The first-order valence-electron chi connectivity index (χ1n) is 6.80. The number of hydrogen-bond acceptors (Lipinski definition) is 4. The van der Waals surface area contributed by atoms with E-state index >= 15 is 0 Å². The molecule has 0 aliphatic rings. The molecule has 1 atom stereocenters. The van der Waals surface area contributed by atoms with E-state index in [1.54, 1.807) is 6.92 Å². The molecule has 0 heterocycles. The van der Waals surface area contributed by atoms with Crippen molar-refractivity contribution in [3.8, 4) is 0 Å². The molecule has 0 N–H and O–H groups in total. The molecular weight excluding hydrogens is 244 g/mol. The summed E-state index contributed by atoms with van der Waals surface area (Å²) >= 11 is 0. The Morgan fingerprint density at radius 2 is 1.84 bits per heavy atom. The van der Waals surface area contributed by atoms with Crippen LogP contribution >= 0.6 is 0 Å². The molecule has 19 heavy (non-hydrogen) atoms. The van der Waals surface area contributed by atoms with Gasteiger partial charge in [-0.25, -0.2) is 4.79 Å². The second-order valence-electron chi connectivity index (χ2n) is 5.61. The fraction of sp³-hybridized carbons (Fsp3) is 0.800. The quantitative estimate of drug-likeness (QED) is 0.478. The summed E-state index contributed by atoms with van der Waals surface area (Å²) in [5.74, 6) is -0.396. The van der Waals surface area contributed by atoms with Crippen LogP contribution < -0.4 is 0 Å². The Morgan fingerprint density at radius 3 is 2.26 bits per heavy atom. The van der Waals surface area contributed by atoms with Gasteiger partial charge >= 0.3 is 5.97 Å². The SMILES string of the molecule is C=C(C)C(=O)OCC(COC(C)(C)CC)OC(C)C. The maximum Gasteiger partial charge on any atom is 0.333 e. The van der Waals surface area contributed by atoms with Crippen LogP contribution in [0.25, 0.3) is 0 Å². The molecule has 1 unspecified atom stereocenters. The molecule has 0 aromatic carbocycles. The summed E-state index contributed by atoms with van der Waals surface area (Å²) in [6.45, 7) is 15.8. The van der Waals surface area contributed by atoms with Gasteiger partial charge in [-0.05, 0) is 41.0 Å². The smallest absolute Gasteiger partial charge is 0.333 e. The van der Waals surface area contributed by atoms with Crippen molar-refractivity contribution in [1.29, 1.82) is 0 Å². The molecule has 0 aliphatic carbocycles. The Kier molecular flexibility index (Phi) is 7.95. The van der Waals surface area contributed by atoms with Crippen molar-refractivity contribution in [2.75, 3.05) is 13.2 Å². The van der Waals surface area contributed by atoms with Crippen LogP contribution in [0.5, 0.6) is 0 Å². The highest BCUT2D eigenvalue weighted by Crippen LogP contribution is 2.15. The first-order valence-corrected chi connectivity index (χ1v) is 6.80. The van der Waals surface area contributed by atoms with E-state index in [1.165, 1.54) is 0 Å². The van der Waals surface area contributed by atoms with Crippen molar-refractivity contribution in [2.24, 2.45) is 0 Å². The highest BCUT2D eigenvalue weighted by molar-refractivity contribution is 5.86. The van der Waals surface area contributed by atoms with Gasteiger partial charge in [-0.1, -0.05) is 13.5 Å². The third-order valence-electron chi connectivity index (χ3n) is 2.72. The van der Waals surface area contributed by atoms with Crippen LogP contribution in [-0.2, 0) is 19.0 Å². The molecule has 0 aromatic rings. The maximum atomic E-state index is 11.4. The lowest BCUT2D eigenvalue weighted by Crippen LogP contribution is -2.34. The summed E-state index contributed by atoms with van der Waals surface area (Å²) < 4.78 is 16.6. The molecule has 4 nitrogen and oxygen atoms in total. The van der Waals surface area contributed by atoms with Crippen LogP contribution in [0.2, 0.25) is 0 Å². The second kappa shape index (κ2) is 8.33. The van der Waals surface area contributed by atoms with Gasteiger partial charge in [-0.15, -0.1) is 0 Å². The van der Waals surface area contributed by atoms with Gasteiger partial charge < -0.3 is 14.2 Å². The Morgan fingerprint density at radius 1 is 1.26 bits per heavy atom. The van der Waals surface area contributed by atoms with Gasteiger partial charge in [-0.2, -0.15) is 0 Å². The van der Waals surface area contributed by atoms with Gasteiger partial charge in [0.05, 0.1) is 18.3 Å². The Bertz CT molecular complexity index is 295. The van der Waals surface area contributed by atoms with Crippen LogP contribution in [0, 0.1) is 0 Å². The fourth-order valence-corrected chi connectivity index (χ4v) is 1.22. The summed E-state index contributed by atoms with van der Waals surface area (Å²) in [5.41, 5.74) is 0.190. The molecule has 0 amide bonds. The highest BCUT2D eigenvalue weighted by atomic mass is 16.6. The van der Waals surface area contributed by atoms with E-state index in [1.807, 2.05) is 27.7 Å². The van der Waals surface area contributed by atoms with E-state index in [0.29, 0.717) is 12.2 Å².